The van der Waals surface area contributed by atoms with E-state index in [1.165, 1.54) is 57.2 Å². The molecule has 2 aliphatic carbocycles. The third-order valence-electron chi connectivity index (χ3n) is 9.33. The van der Waals surface area contributed by atoms with Gasteiger partial charge < -0.3 is 14.5 Å². The number of fused-ring (bicyclic) bond motifs is 2. The maximum Gasteiger partial charge on any atom is 0.255 e. The molecule has 6 rings (SSSR count). The lowest BCUT2D eigenvalue weighted by molar-refractivity contribution is -0.136. The molecule has 3 heterocycles. The Morgan fingerprint density at radius 1 is 1.12 bits per heavy atom. The van der Waals surface area contributed by atoms with Crippen LogP contribution in [0.1, 0.15) is 72.9 Å². The molecule has 1 N–H and O–H groups in total. The van der Waals surface area contributed by atoms with Crippen molar-refractivity contribution < 1.29 is 19.1 Å². The maximum atomic E-state index is 13.0. The summed E-state index contributed by atoms with van der Waals surface area (Å²) < 4.78 is 5.53. The molecule has 4 fully saturated rings. The van der Waals surface area contributed by atoms with Gasteiger partial charge >= 0.3 is 0 Å². The van der Waals surface area contributed by atoms with E-state index in [9.17, 15) is 14.4 Å². The van der Waals surface area contributed by atoms with Gasteiger partial charge in [0.15, 0.2) is 0 Å². The van der Waals surface area contributed by atoms with Crippen LogP contribution in [0.5, 0.6) is 0 Å². The minimum absolute atomic E-state index is 0.0843. The number of nitrogens with zero attached hydrogens (tertiary/aromatic N) is 2. The molecule has 3 aliphatic heterocycles. The molecule has 7 nitrogen and oxygen atoms in total. The molecule has 3 unspecified atom stereocenters. The largest absolute Gasteiger partial charge is 0.381 e. The Hall–Kier alpha value is -2.25. The zero-order chi connectivity index (χ0) is 23.4. The SMILES string of the molecule is COC1CCC(CN2CCC3(c4ccc5c(c4)CN(C4CCC(=O)NC4=O)C5=O)CC3C2)CC1. The maximum absolute atomic E-state index is 13.0. The highest BCUT2D eigenvalue weighted by atomic mass is 16.5. The molecular formula is C27H35N3O4. The number of amides is 3. The van der Waals surface area contributed by atoms with Gasteiger partial charge in [-0.2, -0.15) is 0 Å². The molecule has 1 aromatic carbocycles. The molecule has 0 spiro atoms. The van der Waals surface area contributed by atoms with Crippen LogP contribution < -0.4 is 5.32 Å². The van der Waals surface area contributed by atoms with Crippen LogP contribution in [0.15, 0.2) is 18.2 Å². The van der Waals surface area contributed by atoms with Gasteiger partial charge in [-0.25, -0.2) is 0 Å². The Labute approximate surface area is 201 Å². The molecule has 5 aliphatic rings. The summed E-state index contributed by atoms with van der Waals surface area (Å²) in [5.41, 5.74) is 3.38. The van der Waals surface area contributed by atoms with Crippen molar-refractivity contribution in [2.75, 3.05) is 26.7 Å². The number of imide groups is 1. The molecule has 2 saturated carbocycles. The van der Waals surface area contributed by atoms with Crippen molar-refractivity contribution >= 4 is 17.7 Å². The molecule has 0 bridgehead atoms. The fourth-order valence-electron chi connectivity index (χ4n) is 7.15. The van der Waals surface area contributed by atoms with Crippen LogP contribution in [0.2, 0.25) is 0 Å². The van der Waals surface area contributed by atoms with Gasteiger partial charge in [0.1, 0.15) is 6.04 Å². The number of carbonyl (C=O) groups is 3. The number of methoxy groups -OCH3 is 1. The lowest BCUT2D eigenvalue weighted by Crippen LogP contribution is -2.52. The van der Waals surface area contributed by atoms with Crippen LogP contribution in [0, 0.1) is 11.8 Å². The van der Waals surface area contributed by atoms with Gasteiger partial charge in [-0.15, -0.1) is 0 Å². The Morgan fingerprint density at radius 3 is 2.68 bits per heavy atom. The summed E-state index contributed by atoms with van der Waals surface area (Å²) in [4.78, 5) is 41.2. The standard InChI is InChI=1S/C27H35N3O4/c1-34-21-5-2-17(3-6-21)14-29-11-10-27(13-20(27)16-29)19-4-7-22-18(12-19)15-30(26(22)33)23-8-9-24(31)28-25(23)32/h4,7,12,17,20-21,23H,2-3,5-6,8-11,13-16H2,1H3,(H,28,31,32). The van der Waals surface area contributed by atoms with Crippen molar-refractivity contribution in [3.05, 3.63) is 34.9 Å². The number of rotatable bonds is 5. The lowest BCUT2D eigenvalue weighted by atomic mass is 9.84. The van der Waals surface area contributed by atoms with E-state index in [0.29, 0.717) is 30.6 Å². The van der Waals surface area contributed by atoms with Crippen molar-refractivity contribution in [3.63, 3.8) is 0 Å². The number of ether oxygens (including phenoxy) is 1. The first-order valence-electron chi connectivity index (χ1n) is 13.0. The van der Waals surface area contributed by atoms with Crippen LogP contribution in [0.25, 0.3) is 0 Å². The fourth-order valence-corrected chi connectivity index (χ4v) is 7.15. The van der Waals surface area contributed by atoms with Crippen LogP contribution in [0.3, 0.4) is 0 Å². The quantitative estimate of drug-likeness (QED) is 0.677. The van der Waals surface area contributed by atoms with Crippen LogP contribution in [0.4, 0.5) is 0 Å². The summed E-state index contributed by atoms with van der Waals surface area (Å²) in [6.45, 7) is 4.02. The van der Waals surface area contributed by atoms with E-state index in [1.807, 2.05) is 13.2 Å². The van der Waals surface area contributed by atoms with E-state index in [1.54, 1.807) is 4.90 Å². The average molecular weight is 466 g/mol. The highest BCUT2D eigenvalue weighted by Crippen LogP contribution is 2.59. The van der Waals surface area contributed by atoms with Crippen molar-refractivity contribution in [3.8, 4) is 0 Å². The summed E-state index contributed by atoms with van der Waals surface area (Å²) in [5, 5.41) is 2.39. The molecular weight excluding hydrogens is 430 g/mol. The zero-order valence-corrected chi connectivity index (χ0v) is 20.1. The topological polar surface area (TPSA) is 79.0 Å². The van der Waals surface area contributed by atoms with Gasteiger partial charge in [-0.3, -0.25) is 19.7 Å². The van der Waals surface area contributed by atoms with Crippen molar-refractivity contribution in [2.45, 2.75) is 75.5 Å². The summed E-state index contributed by atoms with van der Waals surface area (Å²) in [5.74, 6) is 0.834. The van der Waals surface area contributed by atoms with Crippen LogP contribution in [-0.4, -0.2) is 66.4 Å². The summed E-state index contributed by atoms with van der Waals surface area (Å²) in [6.07, 6.45) is 8.56. The van der Waals surface area contributed by atoms with Crippen LogP contribution >= 0.6 is 0 Å². The summed E-state index contributed by atoms with van der Waals surface area (Å²) in [7, 11) is 1.84. The smallest absolute Gasteiger partial charge is 0.255 e. The second-order valence-electron chi connectivity index (χ2n) is 11.2. The molecule has 0 radical (unpaired) electrons. The highest BCUT2D eigenvalue weighted by Gasteiger charge is 2.57. The predicted molar refractivity (Wildman–Crippen MR) is 126 cm³/mol. The number of hydrogen-bond donors (Lipinski definition) is 1. The van der Waals surface area contributed by atoms with E-state index in [-0.39, 0.29) is 29.6 Å². The van der Waals surface area contributed by atoms with Gasteiger partial charge in [0.05, 0.1) is 6.10 Å². The number of carbonyl (C=O) groups excluding carboxylic acids is 3. The second kappa shape index (κ2) is 8.45. The van der Waals surface area contributed by atoms with E-state index >= 15 is 0 Å². The minimum atomic E-state index is -0.546. The minimum Gasteiger partial charge on any atom is -0.381 e. The highest BCUT2D eigenvalue weighted by molar-refractivity contribution is 6.05. The lowest BCUT2D eigenvalue weighted by Gasteiger charge is -2.36. The van der Waals surface area contributed by atoms with E-state index < -0.39 is 6.04 Å². The van der Waals surface area contributed by atoms with Gasteiger partial charge in [-0.1, -0.05) is 12.1 Å². The molecule has 182 valence electrons. The van der Waals surface area contributed by atoms with Crippen molar-refractivity contribution in [1.82, 2.24) is 15.1 Å². The first kappa shape index (κ1) is 22.2. The van der Waals surface area contributed by atoms with Gasteiger partial charge in [0, 0.05) is 44.1 Å². The normalized spacial score (nSPS) is 35.7. The first-order chi connectivity index (χ1) is 16.5. The number of piperidine rings is 2. The number of hydrogen-bond acceptors (Lipinski definition) is 5. The Morgan fingerprint density at radius 2 is 1.94 bits per heavy atom. The van der Waals surface area contributed by atoms with Gasteiger partial charge in [0.2, 0.25) is 11.8 Å². The third-order valence-corrected chi connectivity index (χ3v) is 9.33. The van der Waals surface area contributed by atoms with Crippen molar-refractivity contribution in [2.24, 2.45) is 11.8 Å². The molecule has 3 atom stereocenters. The molecule has 0 aromatic heterocycles. The summed E-state index contributed by atoms with van der Waals surface area (Å²) >= 11 is 0. The molecule has 34 heavy (non-hydrogen) atoms. The Balaban J connectivity index is 1.10. The van der Waals surface area contributed by atoms with Crippen LogP contribution in [-0.2, 0) is 26.3 Å². The number of benzene rings is 1. The average Bonchev–Trinajstić information content (AvgIpc) is 3.49. The number of nitrogens with one attached hydrogen (secondary N) is 1. The fraction of sp³-hybridized carbons (Fsp3) is 0.667. The number of likely N-dealkylation sites (tertiary alicyclic amines) is 1. The van der Waals surface area contributed by atoms with Crippen molar-refractivity contribution in [1.29, 1.82) is 0 Å². The third kappa shape index (κ3) is 3.77. The zero-order valence-electron chi connectivity index (χ0n) is 20.1. The molecule has 3 amide bonds. The van der Waals surface area contributed by atoms with Gasteiger partial charge in [-0.05, 0) is 80.5 Å². The molecule has 1 aromatic rings. The van der Waals surface area contributed by atoms with E-state index in [4.69, 9.17) is 4.74 Å². The first-order valence-corrected chi connectivity index (χ1v) is 13.0. The Bertz CT molecular complexity index is 1020. The molecule has 2 saturated heterocycles. The van der Waals surface area contributed by atoms with E-state index in [0.717, 1.165) is 18.0 Å². The van der Waals surface area contributed by atoms with E-state index in [2.05, 4.69) is 22.3 Å². The second-order valence-corrected chi connectivity index (χ2v) is 11.2. The van der Waals surface area contributed by atoms with Gasteiger partial charge in [0.25, 0.3) is 5.91 Å². The molecule has 7 heteroatoms. The monoisotopic (exact) mass is 465 g/mol. The predicted octanol–water partition coefficient (Wildman–Crippen LogP) is 2.62. The Kier molecular flexibility index (Phi) is 5.52. The summed E-state index contributed by atoms with van der Waals surface area (Å²) in [6, 6.07) is 5.83.